The Morgan fingerprint density at radius 1 is 1.23 bits per heavy atom. The Hall–Kier alpha value is -2.60. The number of piperidine rings is 1. The van der Waals surface area contributed by atoms with Gasteiger partial charge in [-0.05, 0) is 55.2 Å². The van der Waals surface area contributed by atoms with E-state index in [9.17, 15) is 0 Å². The molecule has 0 radical (unpaired) electrons. The van der Waals surface area contributed by atoms with Crippen molar-refractivity contribution in [3.05, 3.63) is 48.9 Å². The molecule has 1 fully saturated rings. The monoisotopic (exact) mass is 367 g/mol. The Labute approximate surface area is 156 Å². The van der Waals surface area contributed by atoms with Gasteiger partial charge in [-0.2, -0.15) is 0 Å². The second-order valence-corrected chi connectivity index (χ2v) is 7.45. The number of allylic oxidation sites excluding steroid dienone is 1. The van der Waals surface area contributed by atoms with E-state index in [1.807, 2.05) is 30.5 Å². The van der Waals surface area contributed by atoms with E-state index in [-0.39, 0.29) is 0 Å². The molecular formula is C20H21N3O2S. The van der Waals surface area contributed by atoms with Crippen LogP contribution in [0.3, 0.4) is 0 Å². The molecule has 1 N–H and O–H groups in total. The van der Waals surface area contributed by atoms with Gasteiger partial charge < -0.3 is 14.7 Å². The summed E-state index contributed by atoms with van der Waals surface area (Å²) in [6, 6.07) is 10.1. The topological polar surface area (TPSA) is 58.5 Å². The van der Waals surface area contributed by atoms with Gasteiger partial charge in [0.15, 0.2) is 0 Å². The van der Waals surface area contributed by atoms with E-state index in [1.54, 1.807) is 18.4 Å². The predicted molar refractivity (Wildman–Crippen MR) is 106 cm³/mol. The predicted octanol–water partition coefficient (Wildman–Crippen LogP) is 4.66. The Kier molecular flexibility index (Phi) is 4.75. The van der Waals surface area contributed by atoms with E-state index in [0.29, 0.717) is 5.92 Å². The van der Waals surface area contributed by atoms with Gasteiger partial charge in [0.25, 0.3) is 0 Å². The van der Waals surface area contributed by atoms with Gasteiger partial charge in [-0.1, -0.05) is 0 Å². The third-order valence-electron chi connectivity index (χ3n) is 4.81. The molecule has 1 saturated heterocycles. The highest BCUT2D eigenvalue weighted by atomic mass is 32.1. The maximum absolute atomic E-state index is 8.90. The molecule has 0 saturated carbocycles. The van der Waals surface area contributed by atoms with E-state index in [2.05, 4.69) is 22.0 Å². The first-order valence-corrected chi connectivity index (χ1v) is 9.55. The highest BCUT2D eigenvalue weighted by Gasteiger charge is 2.18. The van der Waals surface area contributed by atoms with Crippen molar-refractivity contribution in [1.82, 2.24) is 9.97 Å². The average molecular weight is 367 g/mol. The SMILES string of the molecule is COc1ccc2nc(-c3ccc(N4CCC(C=CO)CC4)nc3)sc2c1. The summed E-state index contributed by atoms with van der Waals surface area (Å²) in [6.07, 6.45) is 7.04. The fourth-order valence-electron chi connectivity index (χ4n) is 3.30. The molecular weight excluding hydrogens is 346 g/mol. The largest absolute Gasteiger partial charge is 0.516 e. The number of methoxy groups -OCH3 is 1. The van der Waals surface area contributed by atoms with Gasteiger partial charge in [-0.15, -0.1) is 11.3 Å². The lowest BCUT2D eigenvalue weighted by Gasteiger charge is -2.31. The van der Waals surface area contributed by atoms with Crippen LogP contribution in [-0.4, -0.2) is 35.3 Å². The quantitative estimate of drug-likeness (QED) is 0.680. The van der Waals surface area contributed by atoms with Gasteiger partial charge in [0.05, 0.1) is 23.6 Å². The first-order chi connectivity index (χ1) is 12.8. The van der Waals surface area contributed by atoms with Crippen LogP contribution in [0.1, 0.15) is 12.8 Å². The van der Waals surface area contributed by atoms with Crippen LogP contribution >= 0.6 is 11.3 Å². The van der Waals surface area contributed by atoms with E-state index >= 15 is 0 Å². The van der Waals surface area contributed by atoms with Gasteiger partial charge in [-0.25, -0.2) is 9.97 Å². The van der Waals surface area contributed by atoms with Crippen molar-refractivity contribution in [3.8, 4) is 16.3 Å². The maximum Gasteiger partial charge on any atom is 0.128 e. The van der Waals surface area contributed by atoms with Crippen LogP contribution in [0.15, 0.2) is 48.9 Å². The first kappa shape index (κ1) is 16.8. The fraction of sp³-hybridized carbons (Fsp3) is 0.300. The molecule has 0 atom stereocenters. The third kappa shape index (κ3) is 3.37. The number of anilines is 1. The Bertz CT molecular complexity index is 912. The summed E-state index contributed by atoms with van der Waals surface area (Å²) in [7, 11) is 1.68. The third-order valence-corrected chi connectivity index (χ3v) is 5.88. The van der Waals surface area contributed by atoms with Crippen LogP contribution in [0.5, 0.6) is 5.75 Å². The minimum atomic E-state index is 0.468. The number of aliphatic hydroxyl groups excluding tert-OH is 1. The molecule has 6 heteroatoms. The number of thiazole rings is 1. The highest BCUT2D eigenvalue weighted by molar-refractivity contribution is 7.21. The van der Waals surface area contributed by atoms with Crippen LogP contribution in [0, 0.1) is 5.92 Å². The number of pyridine rings is 1. The van der Waals surface area contributed by atoms with Gasteiger partial charge in [-0.3, -0.25) is 0 Å². The van der Waals surface area contributed by atoms with Crippen molar-refractivity contribution in [2.24, 2.45) is 5.92 Å². The van der Waals surface area contributed by atoms with Gasteiger partial charge in [0.2, 0.25) is 0 Å². The number of aromatic nitrogens is 2. The number of ether oxygens (including phenoxy) is 1. The lowest BCUT2D eigenvalue weighted by molar-refractivity contribution is 0.415. The number of hydrogen-bond donors (Lipinski definition) is 1. The van der Waals surface area contributed by atoms with Crippen molar-refractivity contribution in [2.45, 2.75) is 12.8 Å². The Morgan fingerprint density at radius 3 is 2.77 bits per heavy atom. The minimum Gasteiger partial charge on any atom is -0.516 e. The highest BCUT2D eigenvalue weighted by Crippen LogP contribution is 2.32. The molecule has 5 nitrogen and oxygen atoms in total. The van der Waals surface area contributed by atoms with E-state index in [1.165, 1.54) is 6.26 Å². The molecule has 26 heavy (non-hydrogen) atoms. The number of nitrogens with zero attached hydrogens (tertiary/aromatic N) is 3. The van der Waals surface area contributed by atoms with Crippen molar-refractivity contribution in [1.29, 1.82) is 0 Å². The van der Waals surface area contributed by atoms with E-state index < -0.39 is 0 Å². The van der Waals surface area contributed by atoms with Crippen LogP contribution in [-0.2, 0) is 0 Å². The molecule has 3 aromatic rings. The molecule has 1 aliphatic heterocycles. The molecule has 1 aliphatic rings. The number of rotatable bonds is 4. The molecule has 0 bridgehead atoms. The lowest BCUT2D eigenvalue weighted by Crippen LogP contribution is -2.33. The fourth-order valence-corrected chi connectivity index (χ4v) is 4.28. The summed E-state index contributed by atoms with van der Waals surface area (Å²) in [5.41, 5.74) is 2.01. The lowest BCUT2D eigenvalue weighted by atomic mass is 9.97. The standard InChI is InChI=1S/C20H21N3O2S/c1-25-16-3-4-17-18(12-16)26-20(22-17)15-2-5-19(21-13-15)23-9-6-14(7-10-23)8-11-24/h2-5,8,11-14,24H,6-7,9-10H2,1H3. The van der Waals surface area contributed by atoms with Gasteiger partial charge >= 0.3 is 0 Å². The first-order valence-electron chi connectivity index (χ1n) is 8.73. The molecule has 134 valence electrons. The molecule has 2 aromatic heterocycles. The number of aliphatic hydroxyl groups is 1. The summed E-state index contributed by atoms with van der Waals surface area (Å²) in [5, 5.41) is 9.87. The second kappa shape index (κ2) is 7.33. The molecule has 1 aromatic carbocycles. The second-order valence-electron chi connectivity index (χ2n) is 6.42. The summed E-state index contributed by atoms with van der Waals surface area (Å²) in [5.74, 6) is 2.32. The van der Waals surface area contributed by atoms with Crippen molar-refractivity contribution in [3.63, 3.8) is 0 Å². The number of fused-ring (bicyclic) bond motifs is 1. The Morgan fingerprint density at radius 2 is 2.08 bits per heavy atom. The smallest absolute Gasteiger partial charge is 0.128 e. The van der Waals surface area contributed by atoms with E-state index in [0.717, 1.165) is 58.3 Å². The molecule has 4 rings (SSSR count). The zero-order valence-electron chi connectivity index (χ0n) is 14.6. The minimum absolute atomic E-state index is 0.468. The summed E-state index contributed by atoms with van der Waals surface area (Å²) in [6.45, 7) is 1.92. The summed E-state index contributed by atoms with van der Waals surface area (Å²) < 4.78 is 6.40. The normalized spacial score (nSPS) is 15.8. The zero-order chi connectivity index (χ0) is 17.9. The molecule has 0 aliphatic carbocycles. The van der Waals surface area contributed by atoms with Crippen molar-refractivity contribution in [2.75, 3.05) is 25.1 Å². The van der Waals surface area contributed by atoms with Crippen LogP contribution in [0.25, 0.3) is 20.8 Å². The molecule has 0 unspecified atom stereocenters. The molecule has 0 amide bonds. The van der Waals surface area contributed by atoms with Crippen LogP contribution in [0.4, 0.5) is 5.82 Å². The van der Waals surface area contributed by atoms with Crippen LogP contribution < -0.4 is 9.64 Å². The average Bonchev–Trinajstić information content (AvgIpc) is 3.12. The van der Waals surface area contributed by atoms with Crippen molar-refractivity contribution >= 4 is 27.4 Å². The maximum atomic E-state index is 8.90. The molecule has 0 spiro atoms. The van der Waals surface area contributed by atoms with E-state index in [4.69, 9.17) is 14.8 Å². The Balaban J connectivity index is 1.51. The molecule has 3 heterocycles. The van der Waals surface area contributed by atoms with Gasteiger partial charge in [0, 0.05) is 24.8 Å². The summed E-state index contributed by atoms with van der Waals surface area (Å²) >= 11 is 1.65. The number of hydrogen-bond acceptors (Lipinski definition) is 6. The number of benzene rings is 1. The van der Waals surface area contributed by atoms with Crippen LogP contribution in [0.2, 0.25) is 0 Å². The zero-order valence-corrected chi connectivity index (χ0v) is 15.4. The summed E-state index contributed by atoms with van der Waals surface area (Å²) in [4.78, 5) is 11.7. The van der Waals surface area contributed by atoms with Gasteiger partial charge in [0.1, 0.15) is 16.6 Å². The van der Waals surface area contributed by atoms with Crippen molar-refractivity contribution < 1.29 is 9.84 Å².